The number of para-hydroxylation sites is 4. The smallest absolute Gasteiger partial charge is 0.0620 e. The van der Waals surface area contributed by atoms with Gasteiger partial charge < -0.3 is 13.5 Å². The van der Waals surface area contributed by atoms with E-state index in [4.69, 9.17) is 0 Å². The average Bonchev–Trinajstić information content (AvgIpc) is 4.16. The van der Waals surface area contributed by atoms with Gasteiger partial charge in [-0.3, -0.25) is 0 Å². The third-order valence-corrected chi connectivity index (χ3v) is 14.9. The Bertz CT molecular complexity index is 4580. The number of hydrogen-bond donors (Lipinski definition) is 0. The van der Waals surface area contributed by atoms with Gasteiger partial charge in [0.05, 0.1) is 38.6 Å². The highest BCUT2D eigenvalue weighted by molar-refractivity contribution is 6.33. The Kier molecular flexibility index (Phi) is 6.30. The first-order chi connectivity index (χ1) is 32.3. The van der Waals surface area contributed by atoms with Gasteiger partial charge in [-0.1, -0.05) is 140 Å². The second-order valence-electron chi connectivity index (χ2n) is 18.0. The van der Waals surface area contributed by atoms with Crippen molar-refractivity contribution < 1.29 is 0 Å². The Balaban J connectivity index is 0.896. The van der Waals surface area contributed by atoms with Gasteiger partial charge in [-0.25, -0.2) is 0 Å². The maximum Gasteiger partial charge on any atom is 0.0620 e. The van der Waals surface area contributed by atoms with E-state index in [-0.39, 0.29) is 0 Å². The first kappa shape index (κ1) is 33.9. The molecule has 1 aliphatic carbocycles. The monoisotopic (exact) mass is 821 g/mol. The summed E-state index contributed by atoms with van der Waals surface area (Å²) >= 11 is 0. The molecule has 0 atom stereocenters. The van der Waals surface area contributed by atoms with E-state index in [0.29, 0.717) is 0 Å². The Morgan fingerprint density at radius 1 is 0.246 bits per heavy atom. The van der Waals surface area contributed by atoms with Gasteiger partial charge in [0.2, 0.25) is 0 Å². The second-order valence-corrected chi connectivity index (χ2v) is 18.0. The van der Waals surface area contributed by atoms with Crippen molar-refractivity contribution >= 4 is 103 Å². The van der Waals surface area contributed by atoms with Crippen LogP contribution in [0.2, 0.25) is 0 Å². The first-order valence-electron chi connectivity index (χ1n) is 22.6. The first-order valence-corrected chi connectivity index (χ1v) is 22.6. The van der Waals surface area contributed by atoms with Crippen molar-refractivity contribution in [1.29, 1.82) is 0 Å². The quantitative estimate of drug-likeness (QED) is 0.169. The fourth-order valence-electron chi connectivity index (χ4n) is 12.2. The highest BCUT2D eigenvalue weighted by atomic mass is 15.0. The SMILES string of the molecule is c1ccc(-n2c3ccccc3c3cc(-c4ccc5c(c4)c4cccc6c7c8ccc9c(c8ccc7n5c46)c4ccccc4n9-c4cc5c6c(cccc6c4)-c4ccccc4-5)ccc32)cc1. The summed E-state index contributed by atoms with van der Waals surface area (Å²) < 4.78 is 7.40. The van der Waals surface area contributed by atoms with E-state index in [9.17, 15) is 0 Å². The maximum atomic E-state index is 2.52. The summed E-state index contributed by atoms with van der Waals surface area (Å²) in [6, 6.07) is 79.3. The van der Waals surface area contributed by atoms with E-state index in [1.807, 2.05) is 0 Å². The number of hydrogen-bond acceptors (Lipinski definition) is 0. The molecule has 298 valence electrons. The van der Waals surface area contributed by atoms with E-state index in [2.05, 4.69) is 226 Å². The number of fused-ring (bicyclic) bond motifs is 18. The minimum absolute atomic E-state index is 1.18. The van der Waals surface area contributed by atoms with Gasteiger partial charge in [0.1, 0.15) is 0 Å². The molecule has 16 rings (SSSR count). The predicted octanol–water partition coefficient (Wildman–Crippen LogP) is 16.7. The Labute approximate surface area is 372 Å². The highest BCUT2D eigenvalue weighted by Gasteiger charge is 2.25. The maximum absolute atomic E-state index is 2.52. The van der Waals surface area contributed by atoms with Crippen LogP contribution in [0.4, 0.5) is 0 Å². The molecule has 11 aromatic carbocycles. The van der Waals surface area contributed by atoms with Gasteiger partial charge >= 0.3 is 0 Å². The van der Waals surface area contributed by atoms with Crippen molar-refractivity contribution in [2.45, 2.75) is 0 Å². The third kappa shape index (κ3) is 4.26. The van der Waals surface area contributed by atoms with Crippen LogP contribution < -0.4 is 0 Å². The van der Waals surface area contributed by atoms with Crippen molar-refractivity contribution in [2.75, 3.05) is 0 Å². The molecule has 65 heavy (non-hydrogen) atoms. The van der Waals surface area contributed by atoms with Crippen LogP contribution in [0.15, 0.2) is 212 Å². The summed E-state index contributed by atoms with van der Waals surface area (Å²) in [5.74, 6) is 0. The van der Waals surface area contributed by atoms with Gasteiger partial charge in [-0.2, -0.15) is 0 Å². The molecule has 0 spiro atoms. The van der Waals surface area contributed by atoms with Crippen LogP contribution in [-0.4, -0.2) is 13.5 Å². The number of aromatic nitrogens is 3. The molecule has 0 fully saturated rings. The van der Waals surface area contributed by atoms with Crippen LogP contribution in [0.1, 0.15) is 0 Å². The van der Waals surface area contributed by atoms with Gasteiger partial charge in [0.25, 0.3) is 0 Å². The van der Waals surface area contributed by atoms with Crippen molar-refractivity contribution in [2.24, 2.45) is 0 Å². The normalized spacial score (nSPS) is 12.6. The van der Waals surface area contributed by atoms with E-state index in [1.54, 1.807) is 0 Å². The highest BCUT2D eigenvalue weighted by Crippen LogP contribution is 2.50. The molecule has 15 aromatic rings. The van der Waals surface area contributed by atoms with Crippen LogP contribution in [0.5, 0.6) is 0 Å². The lowest BCUT2D eigenvalue weighted by molar-refractivity contribution is 1.18. The van der Waals surface area contributed by atoms with Crippen LogP contribution in [0.3, 0.4) is 0 Å². The van der Waals surface area contributed by atoms with Crippen molar-refractivity contribution in [3.8, 4) is 44.8 Å². The summed E-state index contributed by atoms with van der Waals surface area (Å²) in [7, 11) is 0. The lowest BCUT2D eigenvalue weighted by Gasteiger charge is -2.12. The molecule has 3 nitrogen and oxygen atoms in total. The zero-order chi connectivity index (χ0) is 42.1. The zero-order valence-corrected chi connectivity index (χ0v) is 35.0. The summed E-state index contributed by atoms with van der Waals surface area (Å²) in [4.78, 5) is 0. The molecule has 0 unspecified atom stereocenters. The molecule has 0 radical (unpaired) electrons. The lowest BCUT2D eigenvalue weighted by atomic mass is 9.98. The Morgan fingerprint density at radius 2 is 0.800 bits per heavy atom. The topological polar surface area (TPSA) is 14.3 Å². The minimum atomic E-state index is 1.18. The summed E-state index contributed by atoms with van der Waals surface area (Å²) in [5, 5.41) is 15.5. The van der Waals surface area contributed by atoms with Crippen LogP contribution in [-0.2, 0) is 0 Å². The molecule has 4 aromatic heterocycles. The van der Waals surface area contributed by atoms with Gasteiger partial charge in [0.15, 0.2) is 0 Å². The summed E-state index contributed by atoms with van der Waals surface area (Å²) in [6.45, 7) is 0. The lowest BCUT2D eigenvalue weighted by Crippen LogP contribution is -1.95. The van der Waals surface area contributed by atoms with Gasteiger partial charge in [0, 0.05) is 54.5 Å². The fraction of sp³-hybridized carbons (Fsp3) is 0. The van der Waals surface area contributed by atoms with Crippen molar-refractivity contribution in [3.63, 3.8) is 0 Å². The number of benzene rings is 11. The molecule has 0 N–H and O–H groups in total. The standard InChI is InChI=1S/C62H35N3/c1-2-13-39(14-3-1)63-53-22-8-6-17-43(53)50-33-36(24-28-55(50)63)37-25-29-56-51(34-37)47-20-11-21-49-61-46-26-30-57-60(45(46)27-31-58(61)65(56)62(47)49)48-18-7-9-23-54(48)64(57)40-32-38-12-10-19-44-41-15-4-5-16-42(41)52(35-40)59(38)44/h1-35H. The Hall–Kier alpha value is -8.66. The second kappa shape index (κ2) is 12.1. The molecular formula is C62H35N3. The molecule has 0 saturated heterocycles. The van der Waals surface area contributed by atoms with Crippen molar-refractivity contribution in [1.82, 2.24) is 13.5 Å². The number of rotatable bonds is 3. The van der Waals surface area contributed by atoms with E-state index < -0.39 is 0 Å². The third-order valence-electron chi connectivity index (χ3n) is 14.9. The molecule has 0 aliphatic heterocycles. The molecule has 0 amide bonds. The zero-order valence-electron chi connectivity index (χ0n) is 35.0. The minimum Gasteiger partial charge on any atom is -0.309 e. The van der Waals surface area contributed by atoms with Gasteiger partial charge in [-0.05, 0) is 128 Å². The fourth-order valence-corrected chi connectivity index (χ4v) is 12.2. The molecule has 0 bridgehead atoms. The molecule has 0 saturated carbocycles. The molecular weight excluding hydrogens is 787 g/mol. The molecule has 1 aliphatic rings. The molecule has 3 heteroatoms. The average molecular weight is 822 g/mol. The van der Waals surface area contributed by atoms with E-state index in [0.717, 1.165) is 0 Å². The number of nitrogens with zero attached hydrogens (tertiary/aromatic N) is 3. The summed E-state index contributed by atoms with van der Waals surface area (Å²) in [5.41, 5.74) is 18.8. The van der Waals surface area contributed by atoms with Gasteiger partial charge in [-0.15, -0.1) is 0 Å². The van der Waals surface area contributed by atoms with E-state index >= 15 is 0 Å². The van der Waals surface area contributed by atoms with E-state index in [1.165, 1.54) is 148 Å². The Morgan fingerprint density at radius 3 is 1.62 bits per heavy atom. The van der Waals surface area contributed by atoms with Crippen molar-refractivity contribution in [3.05, 3.63) is 212 Å². The van der Waals surface area contributed by atoms with Crippen LogP contribution in [0.25, 0.3) is 148 Å². The largest absolute Gasteiger partial charge is 0.309 e. The van der Waals surface area contributed by atoms with Crippen LogP contribution >= 0.6 is 0 Å². The summed E-state index contributed by atoms with van der Waals surface area (Å²) in [6.07, 6.45) is 0. The van der Waals surface area contributed by atoms with Crippen LogP contribution in [0, 0.1) is 0 Å². The predicted molar refractivity (Wildman–Crippen MR) is 275 cm³/mol. The molecule has 4 heterocycles.